The number of thioether (sulfide) groups is 1. The molecule has 0 aliphatic heterocycles. The van der Waals surface area contributed by atoms with E-state index in [0.29, 0.717) is 33.3 Å². The van der Waals surface area contributed by atoms with E-state index in [1.54, 1.807) is 30.6 Å². The van der Waals surface area contributed by atoms with Crippen molar-refractivity contribution in [2.75, 3.05) is 5.32 Å². The number of benzene rings is 2. The Morgan fingerprint density at radius 3 is 2.66 bits per heavy atom. The highest BCUT2D eigenvalue weighted by atomic mass is 35.5. The van der Waals surface area contributed by atoms with Crippen LogP contribution in [-0.4, -0.2) is 30.9 Å². The summed E-state index contributed by atoms with van der Waals surface area (Å²) in [6, 6.07) is 18.8. The van der Waals surface area contributed by atoms with Gasteiger partial charge < -0.3 is 5.32 Å². The Balaban J connectivity index is 1.59. The average Bonchev–Trinajstić information content (AvgIpc) is 3.19. The molecule has 0 fully saturated rings. The average molecular weight is 484 g/mol. The van der Waals surface area contributed by atoms with Crippen LogP contribution in [0.25, 0.3) is 11.4 Å². The van der Waals surface area contributed by atoms with Crippen LogP contribution in [0, 0.1) is 0 Å². The minimum atomic E-state index is -0.453. The maximum atomic E-state index is 12.8. The number of amides is 1. The lowest BCUT2D eigenvalue weighted by Crippen LogP contribution is -2.23. The van der Waals surface area contributed by atoms with Gasteiger partial charge in [-0.3, -0.25) is 14.3 Å². The fourth-order valence-corrected chi connectivity index (χ4v) is 4.22. The number of nitrogens with one attached hydrogen (secondary N) is 1. The van der Waals surface area contributed by atoms with Crippen LogP contribution >= 0.6 is 35.0 Å². The Morgan fingerprint density at radius 2 is 1.91 bits per heavy atom. The first kappa shape index (κ1) is 22.3. The van der Waals surface area contributed by atoms with Crippen LogP contribution < -0.4 is 5.32 Å². The first-order valence-electron chi connectivity index (χ1n) is 9.81. The Hall–Kier alpha value is -2.87. The third kappa shape index (κ3) is 5.30. The number of carbonyl (C=O) groups is 1. The zero-order valence-electron chi connectivity index (χ0n) is 17.1. The summed E-state index contributed by atoms with van der Waals surface area (Å²) in [6.07, 6.45) is 3.46. The molecule has 9 heteroatoms. The van der Waals surface area contributed by atoms with Gasteiger partial charge in [0.2, 0.25) is 5.91 Å². The summed E-state index contributed by atoms with van der Waals surface area (Å²) in [5, 5.41) is 12.7. The molecule has 32 heavy (non-hydrogen) atoms. The Bertz CT molecular complexity index is 1220. The lowest BCUT2D eigenvalue weighted by Gasteiger charge is -2.14. The van der Waals surface area contributed by atoms with Crippen LogP contribution in [0.1, 0.15) is 12.5 Å². The number of rotatable bonds is 7. The zero-order chi connectivity index (χ0) is 22.5. The van der Waals surface area contributed by atoms with Gasteiger partial charge in [0.05, 0.1) is 22.5 Å². The van der Waals surface area contributed by atoms with E-state index in [9.17, 15) is 4.79 Å². The van der Waals surface area contributed by atoms with E-state index in [1.807, 2.05) is 54.0 Å². The van der Waals surface area contributed by atoms with Gasteiger partial charge in [-0.2, -0.15) is 0 Å². The number of pyridine rings is 1. The van der Waals surface area contributed by atoms with E-state index in [0.717, 1.165) is 11.1 Å². The van der Waals surface area contributed by atoms with E-state index in [4.69, 9.17) is 23.2 Å². The SMILES string of the molecule is C[C@H](Sc1nnc(-c2cccnc2)n1Cc1ccccc1)C(=O)Nc1cc(Cl)ccc1Cl. The van der Waals surface area contributed by atoms with Crippen molar-refractivity contribution >= 4 is 46.6 Å². The molecule has 0 saturated carbocycles. The second-order valence-electron chi connectivity index (χ2n) is 6.99. The van der Waals surface area contributed by atoms with Crippen molar-refractivity contribution in [2.45, 2.75) is 23.9 Å². The summed E-state index contributed by atoms with van der Waals surface area (Å²) in [7, 11) is 0. The second kappa shape index (κ2) is 10.2. The molecule has 0 radical (unpaired) electrons. The van der Waals surface area contributed by atoms with Gasteiger partial charge in [0.25, 0.3) is 0 Å². The van der Waals surface area contributed by atoms with Crippen LogP contribution in [0.3, 0.4) is 0 Å². The van der Waals surface area contributed by atoms with E-state index >= 15 is 0 Å². The summed E-state index contributed by atoms with van der Waals surface area (Å²) < 4.78 is 1.99. The maximum Gasteiger partial charge on any atom is 0.237 e. The Labute approximate surface area is 200 Å². The standard InChI is InChI=1S/C23H19Cl2N5OS/c1-15(22(31)27-20-12-18(24)9-10-19(20)25)32-23-29-28-21(17-8-5-11-26-13-17)30(23)14-16-6-3-2-4-7-16/h2-13,15H,14H2,1H3,(H,27,31)/t15-/m0/s1. The molecule has 162 valence electrons. The van der Waals surface area contributed by atoms with E-state index < -0.39 is 5.25 Å². The minimum absolute atomic E-state index is 0.212. The normalized spacial score (nSPS) is 11.8. The summed E-state index contributed by atoms with van der Waals surface area (Å²) in [5.74, 6) is 0.478. The van der Waals surface area contributed by atoms with Gasteiger partial charge in [-0.25, -0.2) is 0 Å². The van der Waals surface area contributed by atoms with E-state index in [2.05, 4.69) is 20.5 Å². The summed E-state index contributed by atoms with van der Waals surface area (Å²) >= 11 is 13.5. The van der Waals surface area contributed by atoms with Crippen molar-refractivity contribution in [1.29, 1.82) is 0 Å². The minimum Gasteiger partial charge on any atom is -0.324 e. The molecule has 6 nitrogen and oxygen atoms in total. The molecule has 2 aromatic heterocycles. The first-order chi connectivity index (χ1) is 15.5. The lowest BCUT2D eigenvalue weighted by molar-refractivity contribution is -0.115. The molecule has 0 aliphatic carbocycles. The highest BCUT2D eigenvalue weighted by Crippen LogP contribution is 2.30. The smallest absolute Gasteiger partial charge is 0.237 e. The van der Waals surface area contributed by atoms with Crippen molar-refractivity contribution in [1.82, 2.24) is 19.7 Å². The molecule has 0 unspecified atom stereocenters. The predicted octanol–water partition coefficient (Wildman–Crippen LogP) is 5.81. The molecule has 2 heterocycles. The van der Waals surface area contributed by atoms with Gasteiger partial charge in [0.15, 0.2) is 11.0 Å². The molecule has 0 bridgehead atoms. The fraction of sp³-hybridized carbons (Fsp3) is 0.130. The van der Waals surface area contributed by atoms with Crippen molar-refractivity contribution < 1.29 is 4.79 Å². The zero-order valence-corrected chi connectivity index (χ0v) is 19.4. The number of halogens is 2. The van der Waals surface area contributed by atoms with Crippen molar-refractivity contribution in [2.24, 2.45) is 0 Å². The molecule has 1 amide bonds. The number of carbonyl (C=O) groups excluding carboxylic acids is 1. The van der Waals surface area contributed by atoms with E-state index in [1.165, 1.54) is 11.8 Å². The van der Waals surface area contributed by atoms with Crippen molar-refractivity contribution in [3.63, 3.8) is 0 Å². The number of hydrogen-bond acceptors (Lipinski definition) is 5. The monoisotopic (exact) mass is 483 g/mol. The van der Waals surface area contributed by atoms with Crippen molar-refractivity contribution in [3.8, 4) is 11.4 Å². The molecule has 0 aliphatic rings. The van der Waals surface area contributed by atoms with Gasteiger partial charge in [-0.1, -0.05) is 65.3 Å². The van der Waals surface area contributed by atoms with Crippen LogP contribution in [-0.2, 0) is 11.3 Å². The summed E-state index contributed by atoms with van der Waals surface area (Å²) in [5.41, 5.74) is 2.42. The third-order valence-corrected chi connectivity index (χ3v) is 6.30. The Morgan fingerprint density at radius 1 is 1.09 bits per heavy atom. The summed E-state index contributed by atoms with van der Waals surface area (Å²) in [4.78, 5) is 17.0. The van der Waals surface area contributed by atoms with Gasteiger partial charge in [0, 0.05) is 23.0 Å². The molecule has 1 atom stereocenters. The molecule has 2 aromatic carbocycles. The molecule has 0 saturated heterocycles. The molecular weight excluding hydrogens is 465 g/mol. The number of anilines is 1. The maximum absolute atomic E-state index is 12.8. The Kier molecular flexibility index (Phi) is 7.09. The third-order valence-electron chi connectivity index (χ3n) is 4.66. The van der Waals surface area contributed by atoms with Gasteiger partial charge in [-0.15, -0.1) is 10.2 Å². The van der Waals surface area contributed by atoms with Crippen LogP contribution in [0.5, 0.6) is 0 Å². The van der Waals surface area contributed by atoms with Gasteiger partial charge >= 0.3 is 0 Å². The quantitative estimate of drug-likeness (QED) is 0.335. The highest BCUT2D eigenvalue weighted by Gasteiger charge is 2.22. The van der Waals surface area contributed by atoms with Crippen LogP contribution in [0.15, 0.2) is 78.2 Å². The second-order valence-corrected chi connectivity index (χ2v) is 9.14. The molecule has 1 N–H and O–H groups in total. The van der Waals surface area contributed by atoms with Crippen molar-refractivity contribution in [3.05, 3.63) is 88.7 Å². The van der Waals surface area contributed by atoms with Gasteiger partial charge in [-0.05, 0) is 42.8 Å². The molecule has 4 rings (SSSR count). The first-order valence-corrected chi connectivity index (χ1v) is 11.4. The number of aromatic nitrogens is 4. The summed E-state index contributed by atoms with van der Waals surface area (Å²) in [6.45, 7) is 2.37. The van der Waals surface area contributed by atoms with Gasteiger partial charge in [0.1, 0.15) is 0 Å². The largest absolute Gasteiger partial charge is 0.324 e. The molecule has 0 spiro atoms. The lowest BCUT2D eigenvalue weighted by atomic mass is 10.2. The fourth-order valence-electron chi connectivity index (χ4n) is 3.03. The topological polar surface area (TPSA) is 72.7 Å². The molecule has 4 aromatic rings. The highest BCUT2D eigenvalue weighted by molar-refractivity contribution is 8.00. The predicted molar refractivity (Wildman–Crippen MR) is 129 cm³/mol. The number of nitrogens with zero attached hydrogens (tertiary/aromatic N) is 4. The number of hydrogen-bond donors (Lipinski definition) is 1. The molecular formula is C23H19Cl2N5OS. The van der Waals surface area contributed by atoms with E-state index in [-0.39, 0.29) is 5.91 Å². The van der Waals surface area contributed by atoms with Crippen LogP contribution in [0.4, 0.5) is 5.69 Å². The van der Waals surface area contributed by atoms with Crippen LogP contribution in [0.2, 0.25) is 10.0 Å².